The van der Waals surface area contributed by atoms with E-state index in [9.17, 15) is 5.11 Å². The van der Waals surface area contributed by atoms with Crippen LogP contribution in [-0.4, -0.2) is 50.4 Å². The Morgan fingerprint density at radius 3 is 2.50 bits per heavy atom. The van der Waals surface area contributed by atoms with Gasteiger partial charge < -0.3 is 15.3 Å². The Morgan fingerprint density at radius 2 is 1.83 bits per heavy atom. The maximum atomic E-state index is 10.6. The Morgan fingerprint density at radius 1 is 1.07 bits per heavy atom. The molecule has 1 saturated heterocycles. The van der Waals surface area contributed by atoms with Crippen LogP contribution in [0, 0.1) is 0 Å². The standard InChI is InChI=1S/C21H24N6OS2/c1-11-6-15(7-12(2)24-11)27(3)21-26-20-19(30-21)25-18(29-20)16-5-4-13(8-17(16)28)14-9-22-23-10-14/h4-5,8-12,15,24,28H,6-7H2,1-3H3,(H,22,23)/t11-,12+,15-. The number of aromatic hydroxyl groups is 1. The number of anilines is 1. The molecular weight excluding hydrogens is 416 g/mol. The number of benzene rings is 1. The molecule has 4 aromatic rings. The van der Waals surface area contributed by atoms with Gasteiger partial charge in [-0.1, -0.05) is 28.7 Å². The van der Waals surface area contributed by atoms with E-state index in [-0.39, 0.29) is 5.75 Å². The Balaban J connectivity index is 1.40. The molecule has 4 heterocycles. The average Bonchev–Trinajstić information content (AvgIpc) is 3.43. The van der Waals surface area contributed by atoms with Crippen molar-refractivity contribution in [1.29, 1.82) is 0 Å². The molecule has 0 unspecified atom stereocenters. The molecule has 0 amide bonds. The van der Waals surface area contributed by atoms with E-state index < -0.39 is 0 Å². The van der Waals surface area contributed by atoms with E-state index in [1.54, 1.807) is 29.8 Å². The lowest BCUT2D eigenvalue weighted by Gasteiger charge is -2.38. The summed E-state index contributed by atoms with van der Waals surface area (Å²) in [6.45, 7) is 4.49. The number of nitrogens with zero attached hydrogens (tertiary/aromatic N) is 4. The van der Waals surface area contributed by atoms with Gasteiger partial charge in [-0.15, -0.1) is 0 Å². The number of rotatable bonds is 4. The maximum absolute atomic E-state index is 10.6. The van der Waals surface area contributed by atoms with Crippen molar-refractivity contribution < 1.29 is 5.11 Å². The minimum absolute atomic E-state index is 0.213. The molecule has 3 aromatic heterocycles. The first kappa shape index (κ1) is 19.5. The van der Waals surface area contributed by atoms with E-state index in [1.165, 1.54) is 11.3 Å². The number of hydrogen-bond donors (Lipinski definition) is 3. The van der Waals surface area contributed by atoms with E-state index in [2.05, 4.69) is 41.3 Å². The molecule has 30 heavy (non-hydrogen) atoms. The number of phenols is 1. The van der Waals surface area contributed by atoms with Gasteiger partial charge in [0, 0.05) is 36.9 Å². The van der Waals surface area contributed by atoms with Gasteiger partial charge in [0.05, 0.1) is 11.8 Å². The van der Waals surface area contributed by atoms with Crippen LogP contribution in [0.15, 0.2) is 30.6 Å². The van der Waals surface area contributed by atoms with Crippen LogP contribution < -0.4 is 10.2 Å². The zero-order chi connectivity index (χ0) is 20.8. The summed E-state index contributed by atoms with van der Waals surface area (Å²) in [5.41, 5.74) is 2.58. The fourth-order valence-electron chi connectivity index (χ4n) is 4.20. The molecule has 1 aliphatic heterocycles. The second kappa shape index (κ2) is 7.64. The third-order valence-electron chi connectivity index (χ3n) is 5.69. The summed E-state index contributed by atoms with van der Waals surface area (Å²) in [6.07, 6.45) is 5.77. The number of thiazole rings is 2. The minimum atomic E-state index is 0.213. The van der Waals surface area contributed by atoms with E-state index in [0.29, 0.717) is 18.1 Å². The summed E-state index contributed by atoms with van der Waals surface area (Å²) >= 11 is 3.15. The molecular formula is C21H24N6OS2. The van der Waals surface area contributed by atoms with Gasteiger partial charge in [0.2, 0.25) is 0 Å². The predicted molar refractivity (Wildman–Crippen MR) is 123 cm³/mol. The van der Waals surface area contributed by atoms with Gasteiger partial charge in [0.1, 0.15) is 10.8 Å². The van der Waals surface area contributed by atoms with Gasteiger partial charge in [-0.25, -0.2) is 9.97 Å². The number of nitrogens with one attached hydrogen (secondary N) is 2. The topological polar surface area (TPSA) is 90.0 Å². The molecule has 1 aliphatic rings. The van der Waals surface area contributed by atoms with Gasteiger partial charge >= 0.3 is 0 Å². The lowest BCUT2D eigenvalue weighted by molar-refractivity contribution is 0.311. The second-order valence-corrected chi connectivity index (χ2v) is 9.98. The quantitative estimate of drug-likeness (QED) is 0.433. The average molecular weight is 441 g/mol. The summed E-state index contributed by atoms with van der Waals surface area (Å²) in [7, 11) is 2.14. The van der Waals surface area contributed by atoms with Crippen LogP contribution in [-0.2, 0) is 0 Å². The lowest BCUT2D eigenvalue weighted by Crippen LogP contribution is -2.49. The monoisotopic (exact) mass is 440 g/mol. The predicted octanol–water partition coefficient (Wildman–Crippen LogP) is 4.48. The number of hydrogen-bond acceptors (Lipinski definition) is 8. The third-order valence-corrected chi connectivity index (χ3v) is 7.85. The highest BCUT2D eigenvalue weighted by Gasteiger charge is 2.28. The van der Waals surface area contributed by atoms with Crippen LogP contribution in [0.25, 0.3) is 31.4 Å². The van der Waals surface area contributed by atoms with E-state index in [1.807, 2.05) is 12.1 Å². The van der Waals surface area contributed by atoms with Crippen LogP contribution in [0.1, 0.15) is 26.7 Å². The Kier molecular flexibility index (Phi) is 4.96. The first-order valence-electron chi connectivity index (χ1n) is 10.1. The van der Waals surface area contributed by atoms with Crippen molar-refractivity contribution >= 4 is 37.5 Å². The molecule has 7 nitrogen and oxygen atoms in total. The van der Waals surface area contributed by atoms with Crippen LogP contribution in [0.5, 0.6) is 5.75 Å². The molecule has 1 fully saturated rings. The molecule has 0 saturated carbocycles. The van der Waals surface area contributed by atoms with Gasteiger partial charge in [0.15, 0.2) is 14.8 Å². The largest absolute Gasteiger partial charge is 0.507 e. The molecule has 5 rings (SSSR count). The number of H-pyrrole nitrogens is 1. The summed E-state index contributed by atoms with van der Waals surface area (Å²) in [5.74, 6) is 0.213. The van der Waals surface area contributed by atoms with E-state index >= 15 is 0 Å². The molecule has 3 N–H and O–H groups in total. The summed E-state index contributed by atoms with van der Waals surface area (Å²) in [4.78, 5) is 13.8. The summed E-state index contributed by atoms with van der Waals surface area (Å²) < 4.78 is 0. The number of phenolic OH excluding ortho intramolecular Hbond substituents is 1. The van der Waals surface area contributed by atoms with Crippen molar-refractivity contribution in [2.24, 2.45) is 0 Å². The molecule has 0 spiro atoms. The van der Waals surface area contributed by atoms with Gasteiger partial charge in [-0.05, 0) is 44.4 Å². The van der Waals surface area contributed by atoms with Crippen molar-refractivity contribution in [2.75, 3.05) is 11.9 Å². The van der Waals surface area contributed by atoms with E-state index in [4.69, 9.17) is 9.97 Å². The fourth-order valence-corrected chi connectivity index (χ4v) is 6.31. The number of aromatic nitrogens is 4. The first-order valence-corrected chi connectivity index (χ1v) is 11.7. The molecule has 156 valence electrons. The Labute approximate surface area is 182 Å². The third kappa shape index (κ3) is 3.57. The van der Waals surface area contributed by atoms with E-state index in [0.717, 1.165) is 49.3 Å². The van der Waals surface area contributed by atoms with Crippen LogP contribution in [0.3, 0.4) is 0 Å². The summed E-state index contributed by atoms with van der Waals surface area (Å²) in [5, 5.41) is 22.7. The van der Waals surface area contributed by atoms with Crippen LogP contribution >= 0.6 is 22.7 Å². The van der Waals surface area contributed by atoms with Crippen molar-refractivity contribution in [2.45, 2.75) is 44.8 Å². The van der Waals surface area contributed by atoms with Crippen LogP contribution in [0.2, 0.25) is 0 Å². The van der Waals surface area contributed by atoms with Gasteiger partial charge in [-0.3, -0.25) is 5.10 Å². The maximum Gasteiger partial charge on any atom is 0.188 e. The number of aromatic amines is 1. The van der Waals surface area contributed by atoms with Crippen molar-refractivity contribution in [3.63, 3.8) is 0 Å². The van der Waals surface area contributed by atoms with Crippen LogP contribution in [0.4, 0.5) is 5.13 Å². The molecule has 3 atom stereocenters. The SMILES string of the molecule is C[C@@H]1C[C@@H](N(C)c2nc3sc(-c4ccc(-c5cn[nH]c5)cc4O)nc3s2)C[C@H](C)N1. The van der Waals surface area contributed by atoms with Crippen molar-refractivity contribution in [1.82, 2.24) is 25.5 Å². The molecule has 0 radical (unpaired) electrons. The molecule has 1 aromatic carbocycles. The second-order valence-electron chi connectivity index (χ2n) is 8.05. The minimum Gasteiger partial charge on any atom is -0.507 e. The highest BCUT2D eigenvalue weighted by Crippen LogP contribution is 2.40. The Bertz CT molecular complexity index is 1130. The van der Waals surface area contributed by atoms with Gasteiger partial charge in [0.25, 0.3) is 0 Å². The number of fused-ring (bicyclic) bond motifs is 1. The Hall–Kier alpha value is -2.49. The molecule has 0 aliphatic carbocycles. The van der Waals surface area contributed by atoms with Crippen molar-refractivity contribution in [3.05, 3.63) is 30.6 Å². The zero-order valence-corrected chi connectivity index (χ0v) is 18.7. The zero-order valence-electron chi connectivity index (χ0n) is 17.1. The lowest BCUT2D eigenvalue weighted by atomic mass is 9.95. The van der Waals surface area contributed by atoms with Gasteiger partial charge in [-0.2, -0.15) is 5.10 Å². The summed E-state index contributed by atoms with van der Waals surface area (Å²) in [6, 6.07) is 7.14. The molecule has 0 bridgehead atoms. The smallest absolute Gasteiger partial charge is 0.188 e. The number of piperidine rings is 1. The molecule has 9 heteroatoms. The fraction of sp³-hybridized carbons (Fsp3) is 0.381. The normalized spacial score (nSPS) is 21.9. The first-order chi connectivity index (χ1) is 14.5. The highest BCUT2D eigenvalue weighted by atomic mass is 32.1. The highest BCUT2D eigenvalue weighted by molar-refractivity contribution is 7.29. The van der Waals surface area contributed by atoms with Crippen molar-refractivity contribution in [3.8, 4) is 27.4 Å².